The molecule has 0 aromatic heterocycles. The Morgan fingerprint density at radius 1 is 0.962 bits per heavy atom. The highest BCUT2D eigenvalue weighted by Gasteiger charge is 2.41. The van der Waals surface area contributed by atoms with Crippen molar-refractivity contribution >= 4 is 12.0 Å². The number of nitrogens with zero attached hydrogens (tertiary/aromatic N) is 2. The highest BCUT2D eigenvalue weighted by atomic mass is 16.6. The molecule has 0 radical (unpaired) electrons. The third-order valence-electron chi connectivity index (χ3n) is 4.45. The molecule has 144 valence electrons. The SMILES string of the molecule is C[C@@H]1CN(C(=O)OC(C)(C)C)[C@H](c2ccccc2)CN1C(=O)C(C)(C)C. The molecule has 0 bridgehead atoms. The molecule has 2 atom stereocenters. The fourth-order valence-corrected chi connectivity index (χ4v) is 3.17. The predicted octanol–water partition coefficient (Wildman–Crippen LogP) is 4.24. The third kappa shape index (κ3) is 4.77. The average Bonchev–Trinajstić information content (AvgIpc) is 2.52. The van der Waals surface area contributed by atoms with Gasteiger partial charge in [-0.1, -0.05) is 51.1 Å². The molecule has 2 rings (SSSR count). The monoisotopic (exact) mass is 360 g/mol. The van der Waals surface area contributed by atoms with Crippen LogP contribution in [-0.2, 0) is 9.53 Å². The number of piperazine rings is 1. The molecule has 1 aliphatic heterocycles. The molecular formula is C21H32N2O3. The molecule has 5 heteroatoms. The van der Waals surface area contributed by atoms with Gasteiger partial charge in [0.15, 0.2) is 0 Å². The van der Waals surface area contributed by atoms with Gasteiger partial charge in [0.1, 0.15) is 5.60 Å². The zero-order chi connectivity index (χ0) is 19.7. The lowest BCUT2D eigenvalue weighted by molar-refractivity contribution is -0.145. The number of carbonyl (C=O) groups is 2. The molecule has 1 aromatic rings. The summed E-state index contributed by atoms with van der Waals surface area (Å²) in [6.45, 7) is 14.3. The smallest absolute Gasteiger partial charge is 0.410 e. The van der Waals surface area contributed by atoms with Crippen LogP contribution in [0.25, 0.3) is 0 Å². The molecule has 0 aliphatic carbocycles. The topological polar surface area (TPSA) is 49.9 Å². The molecule has 2 amide bonds. The molecule has 1 saturated heterocycles. The van der Waals surface area contributed by atoms with E-state index in [4.69, 9.17) is 4.74 Å². The van der Waals surface area contributed by atoms with Crippen LogP contribution in [0.1, 0.15) is 60.1 Å². The van der Waals surface area contributed by atoms with Crippen molar-refractivity contribution in [3.63, 3.8) is 0 Å². The Labute approximate surface area is 157 Å². The minimum Gasteiger partial charge on any atom is -0.444 e. The lowest BCUT2D eigenvalue weighted by Crippen LogP contribution is -2.59. The Morgan fingerprint density at radius 3 is 2.04 bits per heavy atom. The lowest BCUT2D eigenvalue weighted by atomic mass is 9.91. The van der Waals surface area contributed by atoms with Gasteiger partial charge < -0.3 is 9.64 Å². The second kappa shape index (κ2) is 7.29. The maximum atomic E-state index is 12.9. The van der Waals surface area contributed by atoms with Crippen LogP contribution in [-0.4, -0.2) is 46.5 Å². The number of ether oxygens (including phenoxy) is 1. The van der Waals surface area contributed by atoms with E-state index < -0.39 is 11.0 Å². The average molecular weight is 360 g/mol. The van der Waals surface area contributed by atoms with E-state index in [0.717, 1.165) is 5.56 Å². The van der Waals surface area contributed by atoms with E-state index in [2.05, 4.69) is 0 Å². The molecule has 0 saturated carbocycles. The maximum Gasteiger partial charge on any atom is 0.410 e. The first-order chi connectivity index (χ1) is 11.9. The number of hydrogen-bond acceptors (Lipinski definition) is 3. The molecular weight excluding hydrogens is 328 g/mol. The number of hydrogen-bond donors (Lipinski definition) is 0. The number of benzene rings is 1. The molecule has 0 spiro atoms. The van der Waals surface area contributed by atoms with E-state index in [1.807, 2.05) is 83.7 Å². The second-order valence-electron chi connectivity index (χ2n) is 9.12. The predicted molar refractivity (Wildman–Crippen MR) is 103 cm³/mol. The molecule has 1 aromatic carbocycles. The first-order valence-electron chi connectivity index (χ1n) is 9.26. The van der Waals surface area contributed by atoms with E-state index in [1.165, 1.54) is 0 Å². The Balaban J connectivity index is 2.34. The first kappa shape index (κ1) is 20.3. The van der Waals surface area contributed by atoms with E-state index in [0.29, 0.717) is 13.1 Å². The van der Waals surface area contributed by atoms with Crippen LogP contribution in [0.4, 0.5) is 4.79 Å². The van der Waals surface area contributed by atoms with Gasteiger partial charge in [0, 0.05) is 24.5 Å². The summed E-state index contributed by atoms with van der Waals surface area (Å²) in [4.78, 5) is 29.4. The minimum absolute atomic E-state index is 0.0609. The molecule has 26 heavy (non-hydrogen) atoms. The summed E-state index contributed by atoms with van der Waals surface area (Å²) in [7, 11) is 0. The summed E-state index contributed by atoms with van der Waals surface area (Å²) in [5.41, 5.74) is 0.000674. The van der Waals surface area contributed by atoms with Crippen LogP contribution < -0.4 is 0 Å². The van der Waals surface area contributed by atoms with Crippen molar-refractivity contribution < 1.29 is 14.3 Å². The molecule has 1 fully saturated rings. The van der Waals surface area contributed by atoms with Gasteiger partial charge in [-0.3, -0.25) is 9.69 Å². The van der Waals surface area contributed by atoms with E-state index in [9.17, 15) is 9.59 Å². The quantitative estimate of drug-likeness (QED) is 0.752. The van der Waals surface area contributed by atoms with Crippen LogP contribution in [0.2, 0.25) is 0 Å². The van der Waals surface area contributed by atoms with Crippen LogP contribution in [0.5, 0.6) is 0 Å². The second-order valence-corrected chi connectivity index (χ2v) is 9.12. The Bertz CT molecular complexity index is 643. The van der Waals surface area contributed by atoms with Gasteiger partial charge in [-0.15, -0.1) is 0 Å². The highest BCUT2D eigenvalue weighted by molar-refractivity contribution is 5.82. The third-order valence-corrected chi connectivity index (χ3v) is 4.45. The number of carbonyl (C=O) groups excluding carboxylic acids is 2. The lowest BCUT2D eigenvalue weighted by Gasteiger charge is -2.47. The molecule has 0 N–H and O–H groups in total. The summed E-state index contributed by atoms with van der Waals surface area (Å²) in [6.07, 6.45) is -0.332. The zero-order valence-corrected chi connectivity index (χ0v) is 17.1. The van der Waals surface area contributed by atoms with E-state index in [-0.39, 0.29) is 24.1 Å². The van der Waals surface area contributed by atoms with Gasteiger partial charge >= 0.3 is 6.09 Å². The van der Waals surface area contributed by atoms with Crippen LogP contribution >= 0.6 is 0 Å². The summed E-state index contributed by atoms with van der Waals surface area (Å²) in [5.74, 6) is 0.106. The standard InChI is InChI=1S/C21H32N2O3/c1-15-13-23(19(25)26-21(5,6)7)17(16-11-9-8-10-12-16)14-22(15)18(24)20(2,3)4/h8-12,15,17H,13-14H2,1-7H3/t15-,17+/m1/s1. The van der Waals surface area contributed by atoms with E-state index in [1.54, 1.807) is 4.90 Å². The fraction of sp³-hybridized carbons (Fsp3) is 0.619. The Kier molecular flexibility index (Phi) is 5.69. The zero-order valence-electron chi connectivity index (χ0n) is 17.1. The largest absolute Gasteiger partial charge is 0.444 e. The van der Waals surface area contributed by atoms with Crippen molar-refractivity contribution in [1.29, 1.82) is 0 Å². The van der Waals surface area contributed by atoms with Crippen LogP contribution in [0.15, 0.2) is 30.3 Å². The summed E-state index contributed by atoms with van der Waals surface area (Å²) in [6, 6.07) is 9.58. The normalized spacial score (nSPS) is 21.5. The summed E-state index contributed by atoms with van der Waals surface area (Å²) >= 11 is 0. The van der Waals surface area contributed by atoms with Gasteiger partial charge in [-0.05, 0) is 33.3 Å². The Hall–Kier alpha value is -2.04. The Morgan fingerprint density at radius 2 is 1.54 bits per heavy atom. The van der Waals surface area contributed by atoms with Crippen molar-refractivity contribution in [2.24, 2.45) is 5.41 Å². The number of rotatable bonds is 1. The minimum atomic E-state index is -0.556. The number of amides is 2. The van der Waals surface area contributed by atoms with Gasteiger partial charge in [0.2, 0.25) is 5.91 Å². The van der Waals surface area contributed by atoms with Crippen LogP contribution in [0, 0.1) is 5.41 Å². The van der Waals surface area contributed by atoms with Gasteiger partial charge in [-0.2, -0.15) is 0 Å². The highest BCUT2D eigenvalue weighted by Crippen LogP contribution is 2.32. The fourth-order valence-electron chi connectivity index (χ4n) is 3.17. The summed E-state index contributed by atoms with van der Waals surface area (Å²) in [5, 5.41) is 0. The summed E-state index contributed by atoms with van der Waals surface area (Å²) < 4.78 is 5.62. The van der Waals surface area contributed by atoms with Gasteiger partial charge in [0.25, 0.3) is 0 Å². The van der Waals surface area contributed by atoms with Crippen molar-refractivity contribution in [2.75, 3.05) is 13.1 Å². The molecule has 1 heterocycles. The van der Waals surface area contributed by atoms with Gasteiger partial charge in [-0.25, -0.2) is 4.79 Å². The van der Waals surface area contributed by atoms with Crippen molar-refractivity contribution in [2.45, 2.75) is 66.2 Å². The van der Waals surface area contributed by atoms with Gasteiger partial charge in [0.05, 0.1) is 6.04 Å². The van der Waals surface area contributed by atoms with E-state index >= 15 is 0 Å². The molecule has 5 nitrogen and oxygen atoms in total. The van der Waals surface area contributed by atoms with Crippen LogP contribution in [0.3, 0.4) is 0 Å². The van der Waals surface area contributed by atoms with Crippen molar-refractivity contribution in [1.82, 2.24) is 9.80 Å². The maximum absolute atomic E-state index is 12.9. The molecule has 0 unspecified atom stereocenters. The first-order valence-corrected chi connectivity index (χ1v) is 9.26. The van der Waals surface area contributed by atoms with Crippen molar-refractivity contribution in [3.05, 3.63) is 35.9 Å². The van der Waals surface area contributed by atoms with Crippen molar-refractivity contribution in [3.8, 4) is 0 Å². The molecule has 1 aliphatic rings.